The topological polar surface area (TPSA) is 99.0 Å². The van der Waals surface area contributed by atoms with Crippen LogP contribution in [-0.2, 0) is 16.1 Å². The first-order chi connectivity index (χ1) is 13.9. The van der Waals surface area contributed by atoms with Crippen LogP contribution in [0.5, 0.6) is 5.75 Å². The number of ether oxygens (including phenoxy) is 2. The first kappa shape index (κ1) is 20.3. The van der Waals surface area contributed by atoms with Crippen molar-refractivity contribution in [1.82, 2.24) is 4.90 Å². The zero-order valence-electron chi connectivity index (χ0n) is 16.5. The van der Waals surface area contributed by atoms with Crippen LogP contribution in [-0.4, -0.2) is 42.5 Å². The molecule has 0 saturated heterocycles. The van der Waals surface area contributed by atoms with Crippen molar-refractivity contribution in [1.29, 1.82) is 0 Å². The molecule has 0 fully saturated rings. The average molecular weight is 398 g/mol. The highest BCUT2D eigenvalue weighted by molar-refractivity contribution is 6.00. The Balaban J connectivity index is 1.89. The van der Waals surface area contributed by atoms with Crippen molar-refractivity contribution in [2.45, 2.75) is 19.9 Å². The molecule has 0 aromatic heterocycles. The van der Waals surface area contributed by atoms with Crippen LogP contribution in [0.3, 0.4) is 0 Å². The summed E-state index contributed by atoms with van der Waals surface area (Å²) in [6, 6.07) is 9.86. The number of carbonyl (C=O) groups excluding carboxylic acids is 2. The third-order valence-electron chi connectivity index (χ3n) is 5.16. The molecule has 1 amide bonds. The summed E-state index contributed by atoms with van der Waals surface area (Å²) in [5.41, 5.74) is 2.75. The molecule has 0 aliphatic carbocycles. The van der Waals surface area contributed by atoms with Crippen LogP contribution in [0.15, 0.2) is 36.4 Å². The van der Waals surface area contributed by atoms with Gasteiger partial charge in [-0.25, -0.2) is 0 Å². The zero-order valence-corrected chi connectivity index (χ0v) is 16.5. The maximum Gasteiger partial charge on any atom is 0.310 e. The molecule has 8 nitrogen and oxygen atoms in total. The molecule has 0 radical (unpaired) electrons. The summed E-state index contributed by atoms with van der Waals surface area (Å²) in [6.07, 6.45) is 0.581. The van der Waals surface area contributed by atoms with Gasteiger partial charge in [0.1, 0.15) is 5.75 Å². The van der Waals surface area contributed by atoms with Gasteiger partial charge in [-0.05, 0) is 29.7 Å². The van der Waals surface area contributed by atoms with E-state index in [9.17, 15) is 19.7 Å². The highest BCUT2D eigenvalue weighted by atomic mass is 16.6. The molecular weight excluding hydrogens is 376 g/mol. The largest absolute Gasteiger partial charge is 0.496 e. The van der Waals surface area contributed by atoms with Gasteiger partial charge in [0.2, 0.25) is 0 Å². The van der Waals surface area contributed by atoms with E-state index in [1.54, 1.807) is 17.0 Å². The molecule has 8 heteroatoms. The van der Waals surface area contributed by atoms with Crippen LogP contribution in [0.2, 0.25) is 0 Å². The molecule has 1 aliphatic rings. The van der Waals surface area contributed by atoms with E-state index in [0.29, 0.717) is 36.4 Å². The Kier molecular flexibility index (Phi) is 5.81. The summed E-state index contributed by atoms with van der Waals surface area (Å²) in [6.45, 7) is 2.61. The fraction of sp³-hybridized carbons (Fsp3) is 0.333. The van der Waals surface area contributed by atoms with Gasteiger partial charge in [0, 0.05) is 30.3 Å². The second-order valence-corrected chi connectivity index (χ2v) is 6.83. The lowest BCUT2D eigenvalue weighted by molar-refractivity contribution is -0.384. The molecule has 3 rings (SSSR count). The third-order valence-corrected chi connectivity index (χ3v) is 5.16. The van der Waals surface area contributed by atoms with Crippen molar-refractivity contribution in [2.75, 3.05) is 20.8 Å². The number of methoxy groups -OCH3 is 2. The number of nitrogens with zero attached hydrogens (tertiary/aromatic N) is 2. The zero-order chi connectivity index (χ0) is 21.1. The van der Waals surface area contributed by atoms with Gasteiger partial charge in [-0.15, -0.1) is 0 Å². The van der Waals surface area contributed by atoms with Gasteiger partial charge >= 0.3 is 5.97 Å². The van der Waals surface area contributed by atoms with Gasteiger partial charge in [-0.2, -0.15) is 0 Å². The fourth-order valence-electron chi connectivity index (χ4n) is 3.51. The molecule has 0 bridgehead atoms. The standard InChI is InChI=1S/C21H22N2O6/c1-4-13(21(25)29-3)11-22-12-15-6-5-14(9-18(15)20(22)24)17-8-7-16(23(26)27)10-19(17)28-2/h5-10,13H,4,11-12H2,1-3H3/t13-/m0/s1. The summed E-state index contributed by atoms with van der Waals surface area (Å²) in [5, 5.41) is 11.0. The average Bonchev–Trinajstić information content (AvgIpc) is 3.05. The summed E-state index contributed by atoms with van der Waals surface area (Å²) in [4.78, 5) is 36.9. The van der Waals surface area contributed by atoms with E-state index in [4.69, 9.17) is 9.47 Å². The second-order valence-electron chi connectivity index (χ2n) is 6.83. The molecule has 1 atom stereocenters. The number of benzene rings is 2. The molecule has 0 saturated carbocycles. The third kappa shape index (κ3) is 3.91. The van der Waals surface area contributed by atoms with Gasteiger partial charge in [0.05, 0.1) is 31.1 Å². The highest BCUT2D eigenvalue weighted by Crippen LogP contribution is 2.36. The minimum atomic E-state index is -0.484. The first-order valence-corrected chi connectivity index (χ1v) is 9.22. The summed E-state index contributed by atoms with van der Waals surface area (Å²) >= 11 is 0. The molecule has 2 aromatic rings. The smallest absolute Gasteiger partial charge is 0.310 e. The van der Waals surface area contributed by atoms with Crippen molar-refractivity contribution in [3.05, 3.63) is 57.6 Å². The Morgan fingerprint density at radius 3 is 2.59 bits per heavy atom. The minimum Gasteiger partial charge on any atom is -0.496 e. The second kappa shape index (κ2) is 8.30. The van der Waals surface area contributed by atoms with E-state index in [1.165, 1.54) is 26.4 Å². The number of esters is 1. The van der Waals surface area contributed by atoms with Crippen LogP contribution in [0.25, 0.3) is 11.1 Å². The van der Waals surface area contributed by atoms with E-state index in [0.717, 1.165) is 11.1 Å². The van der Waals surface area contributed by atoms with Gasteiger partial charge in [-0.3, -0.25) is 19.7 Å². The molecule has 0 unspecified atom stereocenters. The number of non-ortho nitro benzene ring substituents is 1. The Morgan fingerprint density at radius 1 is 1.21 bits per heavy atom. The van der Waals surface area contributed by atoms with Crippen molar-refractivity contribution in [3.63, 3.8) is 0 Å². The van der Waals surface area contributed by atoms with Crippen molar-refractivity contribution in [3.8, 4) is 16.9 Å². The highest BCUT2D eigenvalue weighted by Gasteiger charge is 2.31. The van der Waals surface area contributed by atoms with Crippen molar-refractivity contribution < 1.29 is 24.0 Å². The molecule has 0 spiro atoms. The number of nitro benzene ring substituents is 1. The predicted octanol–water partition coefficient (Wildman–Crippen LogP) is 3.43. The molecule has 29 heavy (non-hydrogen) atoms. The first-order valence-electron chi connectivity index (χ1n) is 9.22. The van der Waals surface area contributed by atoms with Crippen LogP contribution in [0, 0.1) is 16.0 Å². The normalized spacial score (nSPS) is 13.8. The van der Waals surface area contributed by atoms with Crippen LogP contribution >= 0.6 is 0 Å². The quantitative estimate of drug-likeness (QED) is 0.403. The van der Waals surface area contributed by atoms with Gasteiger partial charge in [0.15, 0.2) is 0 Å². The van der Waals surface area contributed by atoms with E-state index in [-0.39, 0.29) is 23.5 Å². The van der Waals surface area contributed by atoms with Gasteiger partial charge in [0.25, 0.3) is 11.6 Å². The Morgan fingerprint density at radius 2 is 1.97 bits per heavy atom. The molecule has 0 N–H and O–H groups in total. The fourth-order valence-corrected chi connectivity index (χ4v) is 3.51. The van der Waals surface area contributed by atoms with Gasteiger partial charge in [-0.1, -0.05) is 19.1 Å². The maximum absolute atomic E-state index is 12.9. The van der Waals surface area contributed by atoms with Crippen LogP contribution < -0.4 is 4.74 Å². The lowest BCUT2D eigenvalue weighted by atomic mass is 9.99. The SMILES string of the molecule is CC[C@@H](CN1Cc2ccc(-c3ccc([N+](=O)[O-])cc3OC)cc2C1=O)C(=O)OC. The van der Waals surface area contributed by atoms with Crippen LogP contribution in [0.1, 0.15) is 29.3 Å². The number of carbonyl (C=O) groups is 2. The summed E-state index contributed by atoms with van der Waals surface area (Å²) in [5.74, 6) is -0.483. The van der Waals surface area contributed by atoms with Crippen LogP contribution in [0.4, 0.5) is 5.69 Å². The lowest BCUT2D eigenvalue weighted by Crippen LogP contribution is -2.33. The molecular formula is C21H22N2O6. The number of amides is 1. The number of hydrogen-bond donors (Lipinski definition) is 0. The molecule has 2 aromatic carbocycles. The lowest BCUT2D eigenvalue weighted by Gasteiger charge is -2.20. The summed E-state index contributed by atoms with van der Waals surface area (Å²) in [7, 11) is 2.79. The number of fused-ring (bicyclic) bond motifs is 1. The number of rotatable bonds is 7. The maximum atomic E-state index is 12.9. The molecule has 152 valence electrons. The Labute approximate surface area is 168 Å². The van der Waals surface area contributed by atoms with E-state index < -0.39 is 4.92 Å². The van der Waals surface area contributed by atoms with E-state index >= 15 is 0 Å². The number of nitro groups is 1. The van der Waals surface area contributed by atoms with E-state index in [2.05, 4.69) is 0 Å². The predicted molar refractivity (Wildman–Crippen MR) is 106 cm³/mol. The van der Waals surface area contributed by atoms with Gasteiger partial charge < -0.3 is 14.4 Å². The van der Waals surface area contributed by atoms with Crippen molar-refractivity contribution in [2.24, 2.45) is 5.92 Å². The monoisotopic (exact) mass is 398 g/mol. The van der Waals surface area contributed by atoms with E-state index in [1.807, 2.05) is 19.1 Å². The Bertz CT molecular complexity index is 972. The number of hydrogen-bond acceptors (Lipinski definition) is 6. The Hall–Kier alpha value is -3.42. The van der Waals surface area contributed by atoms with Crippen molar-refractivity contribution >= 4 is 17.6 Å². The molecule has 1 aliphatic heterocycles. The molecule has 1 heterocycles. The summed E-state index contributed by atoms with van der Waals surface area (Å²) < 4.78 is 10.1. The minimum absolute atomic E-state index is 0.0672.